The molecular formula is C24H31N5O3. The number of imide groups is 1. The number of benzene rings is 1. The summed E-state index contributed by atoms with van der Waals surface area (Å²) in [5.74, 6) is -0.243. The van der Waals surface area contributed by atoms with Crippen LogP contribution >= 0.6 is 0 Å². The van der Waals surface area contributed by atoms with Crippen molar-refractivity contribution in [3.63, 3.8) is 0 Å². The van der Waals surface area contributed by atoms with Crippen LogP contribution in [0.4, 0.5) is 10.5 Å². The van der Waals surface area contributed by atoms with E-state index in [2.05, 4.69) is 29.0 Å². The van der Waals surface area contributed by atoms with Crippen molar-refractivity contribution in [3.8, 4) is 0 Å². The number of fused-ring (bicyclic) bond motifs is 1. The van der Waals surface area contributed by atoms with Gasteiger partial charge in [0.2, 0.25) is 5.91 Å². The number of aromatic nitrogens is 1. The fourth-order valence-electron chi connectivity index (χ4n) is 5.49. The van der Waals surface area contributed by atoms with Gasteiger partial charge in [-0.25, -0.2) is 4.79 Å². The van der Waals surface area contributed by atoms with Crippen LogP contribution in [0.5, 0.6) is 0 Å². The maximum Gasteiger partial charge on any atom is 0.328 e. The molecule has 4 amide bonds. The molecule has 0 saturated carbocycles. The van der Waals surface area contributed by atoms with Crippen LogP contribution in [0.3, 0.4) is 0 Å². The highest BCUT2D eigenvalue weighted by Crippen LogP contribution is 2.40. The Morgan fingerprint density at radius 3 is 2.59 bits per heavy atom. The van der Waals surface area contributed by atoms with Crippen LogP contribution in [0.1, 0.15) is 55.9 Å². The van der Waals surface area contributed by atoms with Crippen LogP contribution in [-0.4, -0.2) is 60.0 Å². The molecule has 1 spiro atoms. The molecule has 3 fully saturated rings. The minimum Gasteiger partial charge on any atom is -0.345 e. The molecule has 1 aromatic heterocycles. The standard InChI is InChI=1S/C24H31N5O3/c1-16(2)28-10-3-18-19(28)13-17(14-20(18)29-11-4-21(30)26-23(29)32)22(31)27-12-7-24(15-27)5-8-25-9-6-24/h3,10,13-14,16,25H,4-9,11-12,15H2,1-2H3,(H,26,30,32). The van der Waals surface area contributed by atoms with E-state index in [1.165, 1.54) is 0 Å². The van der Waals surface area contributed by atoms with Crippen LogP contribution in [0.15, 0.2) is 24.4 Å². The summed E-state index contributed by atoms with van der Waals surface area (Å²) >= 11 is 0. The molecule has 3 aliphatic rings. The van der Waals surface area contributed by atoms with Gasteiger partial charge in [-0.3, -0.25) is 19.8 Å². The zero-order chi connectivity index (χ0) is 22.5. The molecule has 3 saturated heterocycles. The van der Waals surface area contributed by atoms with Crippen molar-refractivity contribution in [2.45, 2.75) is 45.6 Å². The van der Waals surface area contributed by atoms with Gasteiger partial charge in [-0.2, -0.15) is 0 Å². The van der Waals surface area contributed by atoms with E-state index in [0.29, 0.717) is 17.8 Å². The molecule has 0 radical (unpaired) electrons. The predicted octanol–water partition coefficient (Wildman–Crippen LogP) is 2.88. The van der Waals surface area contributed by atoms with Gasteiger partial charge in [-0.15, -0.1) is 0 Å². The highest BCUT2D eigenvalue weighted by Gasteiger charge is 2.41. The summed E-state index contributed by atoms with van der Waals surface area (Å²) in [7, 11) is 0. The van der Waals surface area contributed by atoms with Gasteiger partial charge in [0.1, 0.15) is 0 Å². The largest absolute Gasteiger partial charge is 0.345 e. The molecule has 32 heavy (non-hydrogen) atoms. The van der Waals surface area contributed by atoms with Crippen LogP contribution in [0.2, 0.25) is 0 Å². The average molecular weight is 438 g/mol. The molecule has 8 nitrogen and oxygen atoms in total. The summed E-state index contributed by atoms with van der Waals surface area (Å²) in [6, 6.07) is 5.56. The number of carbonyl (C=O) groups is 3. The SMILES string of the molecule is CC(C)n1ccc2c(N3CCC(=O)NC3=O)cc(C(=O)N3CCC4(CCNCC4)C3)cc21. The first kappa shape index (κ1) is 21.0. The zero-order valence-electron chi connectivity index (χ0n) is 18.8. The number of likely N-dealkylation sites (tertiary alicyclic amines) is 1. The number of hydrogen-bond donors (Lipinski definition) is 2. The number of anilines is 1. The van der Waals surface area contributed by atoms with Crippen LogP contribution < -0.4 is 15.5 Å². The molecule has 0 atom stereocenters. The van der Waals surface area contributed by atoms with Crippen molar-refractivity contribution in [1.82, 2.24) is 20.1 Å². The summed E-state index contributed by atoms with van der Waals surface area (Å²) in [6.45, 7) is 8.11. The summed E-state index contributed by atoms with van der Waals surface area (Å²) in [5, 5.41) is 6.74. The summed E-state index contributed by atoms with van der Waals surface area (Å²) in [6.07, 6.45) is 5.52. The molecule has 0 unspecified atom stereocenters. The quantitative estimate of drug-likeness (QED) is 0.773. The van der Waals surface area contributed by atoms with Crippen molar-refractivity contribution >= 4 is 34.4 Å². The number of piperidine rings is 1. The van der Waals surface area contributed by atoms with Crippen LogP contribution in [0.25, 0.3) is 10.9 Å². The molecule has 170 valence electrons. The van der Waals surface area contributed by atoms with E-state index < -0.39 is 6.03 Å². The third-order valence-electron chi connectivity index (χ3n) is 7.35. The highest BCUT2D eigenvalue weighted by molar-refractivity contribution is 6.11. The van der Waals surface area contributed by atoms with E-state index >= 15 is 0 Å². The molecule has 2 aromatic rings. The lowest BCUT2D eigenvalue weighted by Gasteiger charge is -2.33. The molecule has 8 heteroatoms. The van der Waals surface area contributed by atoms with Crippen molar-refractivity contribution in [1.29, 1.82) is 0 Å². The highest BCUT2D eigenvalue weighted by atomic mass is 16.2. The lowest BCUT2D eigenvalue weighted by molar-refractivity contribution is -0.120. The second kappa shape index (κ2) is 7.92. The summed E-state index contributed by atoms with van der Waals surface area (Å²) in [5.41, 5.74) is 2.45. The van der Waals surface area contributed by atoms with Gasteiger partial charge in [0.15, 0.2) is 0 Å². The Hall–Kier alpha value is -2.87. The Morgan fingerprint density at radius 1 is 1.09 bits per heavy atom. The number of carbonyl (C=O) groups excluding carboxylic acids is 3. The van der Waals surface area contributed by atoms with E-state index in [4.69, 9.17) is 0 Å². The maximum absolute atomic E-state index is 13.6. The Labute approximate surface area is 187 Å². The summed E-state index contributed by atoms with van der Waals surface area (Å²) < 4.78 is 2.13. The van der Waals surface area contributed by atoms with E-state index in [1.807, 2.05) is 29.3 Å². The average Bonchev–Trinajstić information content (AvgIpc) is 3.38. The second-order valence-corrected chi connectivity index (χ2v) is 9.73. The molecule has 1 aromatic carbocycles. The fourth-order valence-corrected chi connectivity index (χ4v) is 5.49. The van der Waals surface area contributed by atoms with Gasteiger partial charge < -0.3 is 14.8 Å². The van der Waals surface area contributed by atoms with Crippen molar-refractivity contribution in [2.24, 2.45) is 5.41 Å². The number of hydrogen-bond acceptors (Lipinski definition) is 4. The van der Waals surface area contributed by atoms with Crippen LogP contribution in [0, 0.1) is 5.41 Å². The van der Waals surface area contributed by atoms with Gasteiger partial charge in [-0.1, -0.05) is 0 Å². The first-order valence-electron chi connectivity index (χ1n) is 11.6. The third-order valence-corrected chi connectivity index (χ3v) is 7.35. The maximum atomic E-state index is 13.6. The number of amides is 4. The van der Waals surface area contributed by atoms with Crippen molar-refractivity contribution in [2.75, 3.05) is 37.6 Å². The van der Waals surface area contributed by atoms with Gasteiger partial charge in [0, 0.05) is 49.2 Å². The summed E-state index contributed by atoms with van der Waals surface area (Å²) in [4.78, 5) is 41.5. The van der Waals surface area contributed by atoms with Gasteiger partial charge in [0.05, 0.1) is 11.2 Å². The number of nitrogens with zero attached hydrogens (tertiary/aromatic N) is 3. The molecule has 4 heterocycles. The molecule has 0 aliphatic carbocycles. The van der Waals surface area contributed by atoms with Crippen molar-refractivity contribution in [3.05, 3.63) is 30.0 Å². The molecule has 3 aliphatic heterocycles. The third kappa shape index (κ3) is 3.56. The smallest absolute Gasteiger partial charge is 0.328 e. The Morgan fingerprint density at radius 2 is 1.88 bits per heavy atom. The second-order valence-electron chi connectivity index (χ2n) is 9.73. The van der Waals surface area contributed by atoms with Gasteiger partial charge >= 0.3 is 6.03 Å². The van der Waals surface area contributed by atoms with Gasteiger partial charge in [0.25, 0.3) is 5.91 Å². The van der Waals surface area contributed by atoms with E-state index in [9.17, 15) is 14.4 Å². The number of urea groups is 1. The van der Waals surface area contributed by atoms with E-state index in [1.54, 1.807) is 4.90 Å². The fraction of sp³-hybridized carbons (Fsp3) is 0.542. The van der Waals surface area contributed by atoms with Crippen molar-refractivity contribution < 1.29 is 14.4 Å². The Balaban J connectivity index is 1.53. The lowest BCUT2D eigenvalue weighted by atomic mass is 9.78. The molecule has 5 rings (SSSR count). The molecular weight excluding hydrogens is 406 g/mol. The predicted molar refractivity (Wildman–Crippen MR) is 123 cm³/mol. The first-order chi connectivity index (χ1) is 15.4. The minimum absolute atomic E-state index is 0.0218. The topological polar surface area (TPSA) is 86.7 Å². The first-order valence-corrected chi connectivity index (χ1v) is 11.6. The van der Waals surface area contributed by atoms with E-state index in [0.717, 1.165) is 56.3 Å². The van der Waals surface area contributed by atoms with E-state index in [-0.39, 0.29) is 29.7 Å². The molecule has 0 bridgehead atoms. The lowest BCUT2D eigenvalue weighted by Crippen LogP contribution is -2.49. The Bertz CT molecular complexity index is 1080. The normalized spacial score (nSPS) is 21.1. The minimum atomic E-state index is -0.431. The number of rotatable bonds is 3. The Kier molecular flexibility index (Phi) is 5.20. The molecule has 2 N–H and O–H groups in total. The number of nitrogens with one attached hydrogen (secondary N) is 2. The van der Waals surface area contributed by atoms with Crippen LogP contribution in [-0.2, 0) is 4.79 Å². The monoisotopic (exact) mass is 437 g/mol. The van der Waals surface area contributed by atoms with Gasteiger partial charge in [-0.05, 0) is 69.8 Å². The zero-order valence-corrected chi connectivity index (χ0v) is 18.8.